The van der Waals surface area contributed by atoms with Crippen LogP contribution in [0.25, 0.3) is 0 Å². The number of benzene rings is 3. The van der Waals surface area contributed by atoms with Gasteiger partial charge in [-0.05, 0) is 22.3 Å². The molecule has 6 N–H and O–H groups in total. The van der Waals surface area contributed by atoms with Gasteiger partial charge in [-0.25, -0.2) is 0 Å². The highest BCUT2D eigenvalue weighted by Crippen LogP contribution is 2.24. The summed E-state index contributed by atoms with van der Waals surface area (Å²) in [4.78, 5) is 0. The van der Waals surface area contributed by atoms with E-state index in [2.05, 4.69) is 83.4 Å². The summed E-state index contributed by atoms with van der Waals surface area (Å²) in [5.41, 5.74) is 17.2. The summed E-state index contributed by atoms with van der Waals surface area (Å²) >= 11 is 0. The quantitative estimate of drug-likeness (QED) is 0.439. The van der Waals surface area contributed by atoms with Gasteiger partial charge in [0, 0.05) is 38.3 Å². The van der Waals surface area contributed by atoms with Crippen LogP contribution in [0.15, 0.2) is 84.9 Å². The van der Waals surface area contributed by atoms with Crippen molar-refractivity contribution in [2.24, 2.45) is 11.5 Å². The number of hydrogen-bond donors (Lipinski definition) is 4. The zero-order valence-electron chi connectivity index (χ0n) is 16.2. The van der Waals surface area contributed by atoms with E-state index in [-0.39, 0.29) is 12.1 Å². The van der Waals surface area contributed by atoms with E-state index in [1.54, 1.807) is 0 Å². The average molecular weight is 375 g/mol. The predicted octanol–water partition coefficient (Wildman–Crippen LogP) is 3.27. The van der Waals surface area contributed by atoms with Gasteiger partial charge in [0.15, 0.2) is 0 Å². The highest BCUT2D eigenvalue weighted by molar-refractivity contribution is 5.34. The Morgan fingerprint density at radius 2 is 0.893 bits per heavy atom. The van der Waals surface area contributed by atoms with Gasteiger partial charge in [-0.3, -0.25) is 0 Å². The van der Waals surface area contributed by atoms with Gasteiger partial charge in [-0.1, -0.05) is 84.9 Å². The lowest BCUT2D eigenvalue weighted by Gasteiger charge is -2.25. The molecular formula is C24H30N4. The Bertz CT molecular complexity index is 750. The topological polar surface area (TPSA) is 76.1 Å². The molecule has 0 aliphatic heterocycles. The SMILES string of the molecule is NCC(NCc1ccccc1)c1ccccc1C(CN)NCc1ccccc1. The van der Waals surface area contributed by atoms with Gasteiger partial charge in [0.25, 0.3) is 0 Å². The Balaban J connectivity index is 1.73. The van der Waals surface area contributed by atoms with Crippen molar-refractivity contribution in [2.45, 2.75) is 25.2 Å². The standard InChI is InChI=1S/C24H30N4/c25-15-23(27-17-19-9-3-1-4-10-19)21-13-7-8-14-22(21)24(16-26)28-18-20-11-5-2-6-12-20/h1-14,23-24,27-28H,15-18,25-26H2. The molecule has 0 amide bonds. The van der Waals surface area contributed by atoms with Crippen LogP contribution in [0.5, 0.6) is 0 Å². The van der Waals surface area contributed by atoms with Gasteiger partial charge < -0.3 is 22.1 Å². The molecule has 0 bridgehead atoms. The van der Waals surface area contributed by atoms with Crippen LogP contribution in [0.4, 0.5) is 0 Å². The Kier molecular flexibility index (Phi) is 7.76. The molecule has 3 rings (SSSR count). The lowest BCUT2D eigenvalue weighted by Crippen LogP contribution is -2.33. The van der Waals surface area contributed by atoms with E-state index in [9.17, 15) is 0 Å². The fourth-order valence-electron chi connectivity index (χ4n) is 3.46. The van der Waals surface area contributed by atoms with Crippen molar-refractivity contribution in [2.75, 3.05) is 13.1 Å². The summed E-state index contributed by atoms with van der Waals surface area (Å²) in [7, 11) is 0. The molecule has 0 aliphatic carbocycles. The monoisotopic (exact) mass is 374 g/mol. The van der Waals surface area contributed by atoms with Crippen LogP contribution in [0.3, 0.4) is 0 Å². The summed E-state index contributed by atoms with van der Waals surface area (Å²) in [6.45, 7) is 2.61. The summed E-state index contributed by atoms with van der Waals surface area (Å²) in [6.07, 6.45) is 0. The predicted molar refractivity (Wildman–Crippen MR) is 117 cm³/mol. The van der Waals surface area contributed by atoms with Crippen molar-refractivity contribution in [1.29, 1.82) is 0 Å². The van der Waals surface area contributed by atoms with Crippen molar-refractivity contribution < 1.29 is 0 Å². The maximum Gasteiger partial charge on any atom is 0.0450 e. The molecule has 0 saturated carbocycles. The van der Waals surface area contributed by atoms with E-state index in [1.165, 1.54) is 22.3 Å². The lowest BCUT2D eigenvalue weighted by atomic mass is 9.94. The number of nitrogens with one attached hydrogen (secondary N) is 2. The maximum atomic E-state index is 6.13. The molecule has 2 unspecified atom stereocenters. The molecule has 0 radical (unpaired) electrons. The van der Waals surface area contributed by atoms with Crippen molar-refractivity contribution in [3.05, 3.63) is 107 Å². The second-order valence-electron chi connectivity index (χ2n) is 6.94. The first-order valence-corrected chi connectivity index (χ1v) is 9.85. The molecule has 0 heterocycles. The second kappa shape index (κ2) is 10.7. The molecule has 0 aliphatic rings. The Morgan fingerprint density at radius 1 is 0.536 bits per heavy atom. The van der Waals surface area contributed by atoms with Gasteiger partial charge in [0.1, 0.15) is 0 Å². The summed E-state index contributed by atoms with van der Waals surface area (Å²) < 4.78 is 0. The third-order valence-electron chi connectivity index (χ3n) is 5.01. The Morgan fingerprint density at radius 3 is 1.25 bits per heavy atom. The normalized spacial score (nSPS) is 13.2. The molecular weight excluding hydrogens is 344 g/mol. The molecule has 3 aromatic rings. The lowest BCUT2D eigenvalue weighted by molar-refractivity contribution is 0.505. The fraction of sp³-hybridized carbons (Fsp3) is 0.250. The minimum atomic E-state index is 0.0731. The van der Waals surface area contributed by atoms with Crippen molar-refractivity contribution in [3.8, 4) is 0 Å². The second-order valence-corrected chi connectivity index (χ2v) is 6.94. The Hall–Kier alpha value is -2.50. The third-order valence-corrected chi connectivity index (χ3v) is 5.01. The van der Waals surface area contributed by atoms with Gasteiger partial charge in [0.2, 0.25) is 0 Å². The first kappa shape index (κ1) is 20.2. The summed E-state index contributed by atoms with van der Waals surface area (Å²) in [5.74, 6) is 0. The van der Waals surface area contributed by atoms with Gasteiger partial charge in [-0.15, -0.1) is 0 Å². The zero-order chi connectivity index (χ0) is 19.6. The van der Waals surface area contributed by atoms with Crippen molar-refractivity contribution in [1.82, 2.24) is 10.6 Å². The molecule has 0 aromatic heterocycles. The summed E-state index contributed by atoms with van der Waals surface area (Å²) in [6, 6.07) is 29.4. The maximum absolute atomic E-state index is 6.13. The molecule has 146 valence electrons. The molecule has 0 fully saturated rings. The molecule has 0 saturated heterocycles. The van der Waals surface area contributed by atoms with Crippen LogP contribution in [-0.4, -0.2) is 13.1 Å². The van der Waals surface area contributed by atoms with E-state index in [4.69, 9.17) is 11.5 Å². The van der Waals surface area contributed by atoms with E-state index in [0.29, 0.717) is 13.1 Å². The van der Waals surface area contributed by atoms with E-state index in [0.717, 1.165) is 13.1 Å². The fourth-order valence-corrected chi connectivity index (χ4v) is 3.46. The van der Waals surface area contributed by atoms with Crippen LogP contribution in [-0.2, 0) is 13.1 Å². The minimum Gasteiger partial charge on any atom is -0.329 e. The minimum absolute atomic E-state index is 0.0731. The highest BCUT2D eigenvalue weighted by atomic mass is 15.0. The van der Waals surface area contributed by atoms with Crippen LogP contribution in [0.1, 0.15) is 34.3 Å². The first-order valence-electron chi connectivity index (χ1n) is 9.85. The molecule has 4 heteroatoms. The molecule has 0 spiro atoms. The van der Waals surface area contributed by atoms with Gasteiger partial charge in [-0.2, -0.15) is 0 Å². The van der Waals surface area contributed by atoms with Crippen molar-refractivity contribution >= 4 is 0 Å². The van der Waals surface area contributed by atoms with Gasteiger partial charge in [0.05, 0.1) is 0 Å². The van der Waals surface area contributed by atoms with E-state index >= 15 is 0 Å². The highest BCUT2D eigenvalue weighted by Gasteiger charge is 2.18. The third kappa shape index (κ3) is 5.50. The van der Waals surface area contributed by atoms with Crippen molar-refractivity contribution in [3.63, 3.8) is 0 Å². The number of nitrogens with two attached hydrogens (primary N) is 2. The molecule has 3 aromatic carbocycles. The number of rotatable bonds is 10. The largest absolute Gasteiger partial charge is 0.329 e. The molecule has 28 heavy (non-hydrogen) atoms. The van der Waals surface area contributed by atoms with Gasteiger partial charge >= 0.3 is 0 Å². The first-order chi connectivity index (χ1) is 13.8. The molecule has 4 nitrogen and oxygen atoms in total. The van der Waals surface area contributed by atoms with Crippen LogP contribution < -0.4 is 22.1 Å². The van der Waals surface area contributed by atoms with E-state index in [1.807, 2.05) is 12.1 Å². The smallest absolute Gasteiger partial charge is 0.0450 e. The van der Waals surface area contributed by atoms with E-state index < -0.39 is 0 Å². The van der Waals surface area contributed by atoms with Crippen LogP contribution in [0.2, 0.25) is 0 Å². The zero-order valence-corrected chi connectivity index (χ0v) is 16.2. The number of hydrogen-bond acceptors (Lipinski definition) is 4. The molecule has 2 atom stereocenters. The average Bonchev–Trinajstić information content (AvgIpc) is 2.77. The summed E-state index contributed by atoms with van der Waals surface area (Å²) in [5, 5.41) is 7.20. The Labute approximate surface area is 168 Å². The van der Waals surface area contributed by atoms with Crippen LogP contribution in [0, 0.1) is 0 Å². The van der Waals surface area contributed by atoms with Crippen LogP contribution >= 0.6 is 0 Å².